The molecule has 4 nitrogen and oxygen atoms in total. The average molecular weight is 373 g/mol. The summed E-state index contributed by atoms with van der Waals surface area (Å²) in [5, 5.41) is 5.15. The minimum atomic E-state index is -4.48. The van der Waals surface area contributed by atoms with Crippen LogP contribution in [-0.2, 0) is 11.0 Å². The molecule has 3 rings (SSSR count). The molecular formula is C20H18F3N3O. The standard InChI is InChI=1S/C20H18F3N3O/c1-13-18(11-14-7-9-16(10-8-14)25(2)3)19(27)26(24-13)17-6-4-5-15(12-17)20(21,22)23/h4-12H,1-3H3/b18-11-. The van der Waals surface area contributed by atoms with Gasteiger partial charge in [-0.1, -0.05) is 18.2 Å². The number of nitrogens with zero attached hydrogens (tertiary/aromatic N) is 3. The van der Waals surface area contributed by atoms with Gasteiger partial charge >= 0.3 is 6.18 Å². The molecule has 0 spiro atoms. The average Bonchev–Trinajstić information content (AvgIpc) is 2.90. The maximum atomic E-state index is 12.9. The molecule has 7 heteroatoms. The molecule has 1 aliphatic rings. The fourth-order valence-corrected chi connectivity index (χ4v) is 2.71. The molecule has 0 aliphatic carbocycles. The van der Waals surface area contributed by atoms with Crippen molar-refractivity contribution >= 4 is 29.1 Å². The van der Waals surface area contributed by atoms with Crippen LogP contribution in [-0.4, -0.2) is 25.7 Å². The van der Waals surface area contributed by atoms with Crippen molar-refractivity contribution in [2.24, 2.45) is 5.10 Å². The Morgan fingerprint density at radius 3 is 2.33 bits per heavy atom. The molecular weight excluding hydrogens is 355 g/mol. The predicted octanol–water partition coefficient (Wildman–Crippen LogP) is 4.58. The van der Waals surface area contributed by atoms with Gasteiger partial charge in [-0.3, -0.25) is 4.79 Å². The van der Waals surface area contributed by atoms with E-state index in [1.54, 1.807) is 13.0 Å². The fraction of sp³-hybridized carbons (Fsp3) is 0.200. The Balaban J connectivity index is 1.90. The van der Waals surface area contributed by atoms with Gasteiger partial charge in [0.15, 0.2) is 0 Å². The second-order valence-electron chi connectivity index (χ2n) is 6.39. The second-order valence-corrected chi connectivity index (χ2v) is 6.39. The van der Waals surface area contributed by atoms with Crippen molar-refractivity contribution in [3.8, 4) is 0 Å². The Hall–Kier alpha value is -3.09. The summed E-state index contributed by atoms with van der Waals surface area (Å²) in [6.07, 6.45) is -2.79. The van der Waals surface area contributed by atoms with Crippen LogP contribution in [0.25, 0.3) is 6.08 Å². The first-order chi connectivity index (χ1) is 12.7. The van der Waals surface area contributed by atoms with E-state index in [1.165, 1.54) is 12.1 Å². The van der Waals surface area contributed by atoms with Crippen LogP contribution in [0, 0.1) is 0 Å². The Kier molecular flexibility index (Phi) is 4.78. The van der Waals surface area contributed by atoms with E-state index < -0.39 is 17.6 Å². The number of hydrogen-bond donors (Lipinski definition) is 0. The highest BCUT2D eigenvalue weighted by molar-refractivity contribution is 6.32. The van der Waals surface area contributed by atoms with Crippen molar-refractivity contribution in [3.05, 3.63) is 65.2 Å². The first-order valence-electron chi connectivity index (χ1n) is 8.23. The molecule has 0 saturated carbocycles. The summed E-state index contributed by atoms with van der Waals surface area (Å²) in [5.41, 5.74) is 1.90. The maximum absolute atomic E-state index is 12.9. The number of carbonyl (C=O) groups excluding carboxylic acids is 1. The molecule has 1 aliphatic heterocycles. The SMILES string of the molecule is CC1=NN(c2cccc(C(F)(F)F)c2)C(=O)/C1=C\c1ccc(N(C)C)cc1. The summed E-state index contributed by atoms with van der Waals surface area (Å²) in [4.78, 5) is 14.7. The zero-order valence-electron chi connectivity index (χ0n) is 15.1. The van der Waals surface area contributed by atoms with Gasteiger partial charge in [-0.05, 0) is 48.9 Å². The Bertz CT molecular complexity index is 928. The lowest BCUT2D eigenvalue weighted by atomic mass is 10.1. The number of amides is 1. The molecule has 0 bridgehead atoms. The molecule has 0 aromatic heterocycles. The monoisotopic (exact) mass is 373 g/mol. The summed E-state index contributed by atoms with van der Waals surface area (Å²) in [7, 11) is 3.86. The molecule has 0 radical (unpaired) electrons. The molecule has 27 heavy (non-hydrogen) atoms. The van der Waals surface area contributed by atoms with E-state index in [2.05, 4.69) is 5.10 Å². The zero-order chi connectivity index (χ0) is 19.8. The van der Waals surface area contributed by atoms with Crippen LogP contribution in [0.3, 0.4) is 0 Å². The van der Waals surface area contributed by atoms with Crippen LogP contribution >= 0.6 is 0 Å². The molecule has 0 atom stereocenters. The van der Waals surface area contributed by atoms with Gasteiger partial charge in [0.05, 0.1) is 22.5 Å². The highest BCUT2D eigenvalue weighted by atomic mass is 19.4. The summed E-state index contributed by atoms with van der Waals surface area (Å²) < 4.78 is 38.8. The van der Waals surface area contributed by atoms with Crippen LogP contribution < -0.4 is 9.91 Å². The van der Waals surface area contributed by atoms with E-state index in [0.717, 1.165) is 28.4 Å². The van der Waals surface area contributed by atoms with E-state index in [4.69, 9.17) is 0 Å². The van der Waals surface area contributed by atoms with E-state index in [0.29, 0.717) is 11.3 Å². The number of rotatable bonds is 3. The second kappa shape index (κ2) is 6.90. The first kappa shape index (κ1) is 18.7. The number of hydrazone groups is 1. The van der Waals surface area contributed by atoms with Gasteiger partial charge in [-0.25, -0.2) is 0 Å². The summed E-state index contributed by atoms with van der Waals surface area (Å²) in [6, 6.07) is 12.2. The van der Waals surface area contributed by atoms with Crippen LogP contribution in [0.2, 0.25) is 0 Å². The van der Waals surface area contributed by atoms with Gasteiger partial charge in [0, 0.05) is 19.8 Å². The third kappa shape index (κ3) is 3.86. The van der Waals surface area contributed by atoms with Crippen LogP contribution in [0.15, 0.2) is 59.2 Å². The van der Waals surface area contributed by atoms with Crippen molar-refractivity contribution in [3.63, 3.8) is 0 Å². The normalized spacial score (nSPS) is 16.1. The highest BCUT2D eigenvalue weighted by Gasteiger charge is 2.33. The molecule has 1 heterocycles. The predicted molar refractivity (Wildman–Crippen MR) is 101 cm³/mol. The summed E-state index contributed by atoms with van der Waals surface area (Å²) in [5.74, 6) is -0.455. The number of benzene rings is 2. The van der Waals surface area contributed by atoms with E-state index in [9.17, 15) is 18.0 Å². The maximum Gasteiger partial charge on any atom is 0.416 e. The quantitative estimate of drug-likeness (QED) is 0.739. The molecule has 0 fully saturated rings. The zero-order valence-corrected chi connectivity index (χ0v) is 15.1. The number of alkyl halides is 3. The van der Waals surface area contributed by atoms with Crippen molar-refractivity contribution in [2.75, 3.05) is 24.0 Å². The third-order valence-electron chi connectivity index (χ3n) is 4.20. The number of halogens is 3. The molecule has 0 saturated heterocycles. The summed E-state index contributed by atoms with van der Waals surface area (Å²) in [6.45, 7) is 1.66. The van der Waals surface area contributed by atoms with Crippen LogP contribution in [0.4, 0.5) is 24.5 Å². The molecule has 1 amide bonds. The number of carbonyl (C=O) groups is 1. The van der Waals surface area contributed by atoms with Gasteiger partial charge < -0.3 is 4.90 Å². The van der Waals surface area contributed by atoms with Gasteiger partial charge in [0.2, 0.25) is 0 Å². The minimum Gasteiger partial charge on any atom is -0.378 e. The number of hydrogen-bond acceptors (Lipinski definition) is 3. The lowest BCUT2D eigenvalue weighted by Gasteiger charge is -2.14. The Morgan fingerprint density at radius 2 is 1.74 bits per heavy atom. The van der Waals surface area contributed by atoms with Gasteiger partial charge in [-0.2, -0.15) is 23.3 Å². The van der Waals surface area contributed by atoms with E-state index in [-0.39, 0.29) is 5.69 Å². The van der Waals surface area contributed by atoms with E-state index >= 15 is 0 Å². The molecule has 0 unspecified atom stereocenters. The molecule has 140 valence electrons. The molecule has 2 aromatic carbocycles. The highest BCUT2D eigenvalue weighted by Crippen LogP contribution is 2.33. The molecule has 0 N–H and O–H groups in total. The van der Waals surface area contributed by atoms with E-state index in [1.807, 2.05) is 43.3 Å². The fourth-order valence-electron chi connectivity index (χ4n) is 2.71. The third-order valence-corrected chi connectivity index (χ3v) is 4.20. The largest absolute Gasteiger partial charge is 0.416 e. The number of anilines is 2. The van der Waals surface area contributed by atoms with Gasteiger partial charge in [-0.15, -0.1) is 0 Å². The summed E-state index contributed by atoms with van der Waals surface area (Å²) >= 11 is 0. The Morgan fingerprint density at radius 1 is 1.07 bits per heavy atom. The molecule has 2 aromatic rings. The van der Waals surface area contributed by atoms with Crippen LogP contribution in [0.5, 0.6) is 0 Å². The Labute approximate surface area is 155 Å². The first-order valence-corrected chi connectivity index (χ1v) is 8.23. The van der Waals surface area contributed by atoms with Crippen molar-refractivity contribution < 1.29 is 18.0 Å². The van der Waals surface area contributed by atoms with Crippen molar-refractivity contribution in [2.45, 2.75) is 13.1 Å². The smallest absolute Gasteiger partial charge is 0.378 e. The van der Waals surface area contributed by atoms with Crippen molar-refractivity contribution in [1.82, 2.24) is 0 Å². The topological polar surface area (TPSA) is 35.9 Å². The van der Waals surface area contributed by atoms with Gasteiger partial charge in [0.25, 0.3) is 5.91 Å². The lowest BCUT2D eigenvalue weighted by Crippen LogP contribution is -2.21. The van der Waals surface area contributed by atoms with Crippen molar-refractivity contribution in [1.29, 1.82) is 0 Å². The lowest BCUT2D eigenvalue weighted by molar-refractivity contribution is -0.137. The van der Waals surface area contributed by atoms with Gasteiger partial charge in [0.1, 0.15) is 0 Å². The van der Waals surface area contributed by atoms with Crippen LogP contribution in [0.1, 0.15) is 18.1 Å². The minimum absolute atomic E-state index is 0.0838.